The van der Waals surface area contributed by atoms with E-state index in [1.165, 1.54) is 6.08 Å². The first kappa shape index (κ1) is 15.2. The summed E-state index contributed by atoms with van der Waals surface area (Å²) in [6, 6.07) is 9.41. The van der Waals surface area contributed by atoms with Crippen molar-refractivity contribution >= 4 is 11.5 Å². The lowest BCUT2D eigenvalue weighted by molar-refractivity contribution is 0.101. The largest absolute Gasteiger partial charge is 0.357 e. The van der Waals surface area contributed by atoms with Crippen molar-refractivity contribution in [2.24, 2.45) is 0 Å². The van der Waals surface area contributed by atoms with E-state index in [1.807, 2.05) is 30.3 Å². The summed E-state index contributed by atoms with van der Waals surface area (Å²) in [5.41, 5.74) is 4.50. The lowest BCUT2D eigenvalue weighted by Crippen LogP contribution is -2.04. The van der Waals surface area contributed by atoms with Gasteiger partial charge in [-0.1, -0.05) is 24.3 Å². The average Bonchev–Trinajstić information content (AvgIpc) is 2.57. The number of Topliss-reactive ketones (excluding diaryl/α,β-unsaturated/α-hetero) is 1. The van der Waals surface area contributed by atoms with Crippen molar-refractivity contribution in [1.29, 1.82) is 0 Å². The Morgan fingerprint density at radius 3 is 2.57 bits per heavy atom. The lowest BCUT2D eigenvalue weighted by atomic mass is 10.0. The van der Waals surface area contributed by atoms with Crippen LogP contribution in [0.2, 0.25) is 0 Å². The Labute approximate surface area is 134 Å². The number of hydrogen-bond donors (Lipinski definition) is 1. The maximum absolute atomic E-state index is 13.1. The van der Waals surface area contributed by atoms with Gasteiger partial charge in [0.25, 0.3) is 0 Å². The maximum Gasteiger partial charge on any atom is 0.159 e. The maximum atomic E-state index is 13.1. The summed E-state index contributed by atoms with van der Waals surface area (Å²) in [6.07, 6.45) is 7.79. The molecule has 0 bridgehead atoms. The van der Waals surface area contributed by atoms with E-state index < -0.39 is 0 Å². The zero-order valence-electron chi connectivity index (χ0n) is 12.8. The number of anilines is 1. The number of hydrogen-bond acceptors (Lipinski definition) is 3. The fourth-order valence-electron chi connectivity index (χ4n) is 2.52. The predicted octanol–water partition coefficient (Wildman–Crippen LogP) is 4.89. The fourth-order valence-corrected chi connectivity index (χ4v) is 2.52. The molecule has 1 N–H and O–H groups in total. The standard InChI is InChI=1S/C19H17FN2O/c1-13(23)14-2-4-15(5-3-14)18-10-11-21-12-19(18)22-17-8-6-16(20)7-9-17/h2-6,8,10-12,22H,7,9H2,1H3. The molecule has 2 aromatic rings. The number of benzene rings is 1. The Kier molecular flexibility index (Phi) is 4.33. The summed E-state index contributed by atoms with van der Waals surface area (Å²) < 4.78 is 13.1. The molecule has 0 spiro atoms. The second kappa shape index (κ2) is 6.57. The van der Waals surface area contributed by atoms with Crippen molar-refractivity contribution in [3.63, 3.8) is 0 Å². The van der Waals surface area contributed by atoms with E-state index >= 15 is 0 Å². The first-order valence-corrected chi connectivity index (χ1v) is 7.51. The van der Waals surface area contributed by atoms with Gasteiger partial charge >= 0.3 is 0 Å². The average molecular weight is 308 g/mol. The summed E-state index contributed by atoms with van der Waals surface area (Å²) in [6.45, 7) is 1.55. The Morgan fingerprint density at radius 1 is 1.13 bits per heavy atom. The second-order valence-corrected chi connectivity index (χ2v) is 5.49. The molecule has 0 radical (unpaired) electrons. The molecule has 4 heteroatoms. The lowest BCUT2D eigenvalue weighted by Gasteiger charge is -2.16. The van der Waals surface area contributed by atoms with Gasteiger partial charge in [0.1, 0.15) is 5.83 Å². The van der Waals surface area contributed by atoms with Crippen molar-refractivity contribution in [1.82, 2.24) is 4.98 Å². The van der Waals surface area contributed by atoms with E-state index in [-0.39, 0.29) is 11.6 Å². The van der Waals surface area contributed by atoms with Crippen LogP contribution in [0.3, 0.4) is 0 Å². The smallest absolute Gasteiger partial charge is 0.159 e. The fraction of sp³-hybridized carbons (Fsp3) is 0.158. The van der Waals surface area contributed by atoms with Gasteiger partial charge in [-0.2, -0.15) is 0 Å². The number of nitrogens with zero attached hydrogens (tertiary/aromatic N) is 1. The summed E-state index contributed by atoms with van der Waals surface area (Å²) in [5.74, 6) is -0.0485. The van der Waals surface area contributed by atoms with E-state index in [9.17, 15) is 9.18 Å². The third-order valence-corrected chi connectivity index (χ3v) is 3.82. The number of carbonyl (C=O) groups is 1. The molecule has 0 aliphatic heterocycles. The zero-order valence-corrected chi connectivity index (χ0v) is 12.8. The molecule has 1 aliphatic rings. The number of halogens is 1. The van der Waals surface area contributed by atoms with Crippen molar-refractivity contribution in [3.8, 4) is 11.1 Å². The van der Waals surface area contributed by atoms with Crippen LogP contribution < -0.4 is 5.32 Å². The Morgan fingerprint density at radius 2 is 1.91 bits per heavy atom. The highest BCUT2D eigenvalue weighted by atomic mass is 19.1. The number of nitrogens with one attached hydrogen (secondary N) is 1. The molecule has 0 saturated heterocycles. The van der Waals surface area contributed by atoms with Gasteiger partial charge in [-0.15, -0.1) is 0 Å². The number of allylic oxidation sites excluding steroid dienone is 4. The summed E-state index contributed by atoms with van der Waals surface area (Å²) in [7, 11) is 0. The van der Waals surface area contributed by atoms with Crippen molar-refractivity contribution in [2.75, 3.05) is 5.32 Å². The first-order valence-electron chi connectivity index (χ1n) is 7.51. The summed E-state index contributed by atoms with van der Waals surface area (Å²) >= 11 is 0. The highest BCUT2D eigenvalue weighted by molar-refractivity contribution is 5.94. The molecule has 23 heavy (non-hydrogen) atoms. The van der Waals surface area contributed by atoms with E-state index in [0.29, 0.717) is 18.4 Å². The van der Waals surface area contributed by atoms with Gasteiger partial charge < -0.3 is 5.32 Å². The zero-order chi connectivity index (χ0) is 16.2. The monoisotopic (exact) mass is 308 g/mol. The van der Waals surface area contributed by atoms with Gasteiger partial charge in [0.15, 0.2) is 5.78 Å². The van der Waals surface area contributed by atoms with Crippen LogP contribution in [0.4, 0.5) is 10.1 Å². The van der Waals surface area contributed by atoms with Gasteiger partial charge in [0.05, 0.1) is 11.9 Å². The van der Waals surface area contributed by atoms with Crippen molar-refractivity contribution in [2.45, 2.75) is 19.8 Å². The van der Waals surface area contributed by atoms with E-state index in [1.54, 1.807) is 25.4 Å². The molecule has 0 saturated carbocycles. The topological polar surface area (TPSA) is 42.0 Å². The van der Waals surface area contributed by atoms with E-state index in [2.05, 4.69) is 10.3 Å². The normalized spacial score (nSPS) is 14.0. The van der Waals surface area contributed by atoms with Crippen LogP contribution >= 0.6 is 0 Å². The molecule has 0 unspecified atom stereocenters. The quantitative estimate of drug-likeness (QED) is 0.817. The number of aromatic nitrogens is 1. The molecule has 0 atom stereocenters. The Balaban J connectivity index is 1.90. The van der Waals surface area contributed by atoms with Crippen LogP contribution in [0.5, 0.6) is 0 Å². The number of carbonyl (C=O) groups excluding carboxylic acids is 1. The molecule has 0 amide bonds. The van der Waals surface area contributed by atoms with Crippen LogP contribution in [-0.4, -0.2) is 10.8 Å². The summed E-state index contributed by atoms with van der Waals surface area (Å²) in [5, 5.41) is 3.33. The minimum absolute atomic E-state index is 0.0470. The molecule has 1 heterocycles. The third-order valence-electron chi connectivity index (χ3n) is 3.82. The molecule has 116 valence electrons. The molecule has 3 rings (SSSR count). The van der Waals surface area contributed by atoms with Gasteiger partial charge in [-0.05, 0) is 37.1 Å². The van der Waals surface area contributed by atoms with E-state index in [4.69, 9.17) is 0 Å². The second-order valence-electron chi connectivity index (χ2n) is 5.49. The number of rotatable bonds is 4. The van der Waals surface area contributed by atoms with Gasteiger partial charge in [0, 0.05) is 29.4 Å². The van der Waals surface area contributed by atoms with Gasteiger partial charge in [0.2, 0.25) is 0 Å². The van der Waals surface area contributed by atoms with Gasteiger partial charge in [-0.25, -0.2) is 4.39 Å². The van der Waals surface area contributed by atoms with Gasteiger partial charge in [-0.3, -0.25) is 9.78 Å². The molecule has 0 fully saturated rings. The highest BCUT2D eigenvalue weighted by Crippen LogP contribution is 2.30. The van der Waals surface area contributed by atoms with Crippen LogP contribution in [0.15, 0.2) is 66.4 Å². The first-order chi connectivity index (χ1) is 11.1. The molecule has 3 nitrogen and oxygen atoms in total. The minimum Gasteiger partial charge on any atom is -0.357 e. The molecule has 1 aromatic carbocycles. The Hall–Kier alpha value is -2.75. The molecular weight excluding hydrogens is 291 g/mol. The van der Waals surface area contributed by atoms with Crippen molar-refractivity contribution < 1.29 is 9.18 Å². The van der Waals surface area contributed by atoms with Crippen molar-refractivity contribution in [3.05, 3.63) is 72.0 Å². The number of ketones is 1. The highest BCUT2D eigenvalue weighted by Gasteiger charge is 2.10. The van der Waals surface area contributed by atoms with Crippen LogP contribution in [0.25, 0.3) is 11.1 Å². The number of pyridine rings is 1. The predicted molar refractivity (Wildman–Crippen MR) is 89.8 cm³/mol. The molecule has 1 aromatic heterocycles. The van der Waals surface area contributed by atoms with E-state index in [0.717, 1.165) is 22.5 Å². The Bertz CT molecular complexity index is 791. The van der Waals surface area contributed by atoms with Crippen LogP contribution in [-0.2, 0) is 0 Å². The third kappa shape index (κ3) is 3.54. The molecule has 1 aliphatic carbocycles. The summed E-state index contributed by atoms with van der Waals surface area (Å²) in [4.78, 5) is 15.5. The SMILES string of the molecule is CC(=O)c1ccc(-c2ccncc2NC2=CC=C(F)CC2)cc1. The molecular formula is C19H17FN2O. The minimum atomic E-state index is -0.0956. The van der Waals surface area contributed by atoms with Crippen LogP contribution in [0, 0.1) is 0 Å². The van der Waals surface area contributed by atoms with Crippen LogP contribution in [0.1, 0.15) is 30.1 Å².